The Morgan fingerprint density at radius 3 is 2.79 bits per heavy atom. The first-order valence-electron chi connectivity index (χ1n) is 5.97. The molecule has 2 rings (SSSR count). The highest BCUT2D eigenvalue weighted by atomic mass is 35.5. The lowest BCUT2D eigenvalue weighted by Gasteiger charge is -2.08. The van der Waals surface area contributed by atoms with Gasteiger partial charge in [-0.25, -0.2) is 9.37 Å². The number of nitrogens with zero attached hydrogens (tertiary/aromatic N) is 2. The van der Waals surface area contributed by atoms with Crippen LogP contribution in [0, 0.1) is 5.82 Å². The smallest absolute Gasteiger partial charge is 0.151 e. The van der Waals surface area contributed by atoms with Crippen LogP contribution in [0.15, 0.2) is 30.6 Å². The Morgan fingerprint density at radius 1 is 1.26 bits per heavy atom. The van der Waals surface area contributed by atoms with Crippen molar-refractivity contribution in [2.24, 2.45) is 0 Å². The van der Waals surface area contributed by atoms with E-state index in [0.29, 0.717) is 17.3 Å². The second kappa shape index (κ2) is 6.33. The minimum absolute atomic E-state index is 0.0926. The van der Waals surface area contributed by atoms with E-state index in [-0.39, 0.29) is 5.02 Å². The van der Waals surface area contributed by atoms with E-state index in [1.807, 2.05) is 0 Å². The molecule has 1 aromatic heterocycles. The first kappa shape index (κ1) is 13.5. The Labute approximate surface area is 116 Å². The van der Waals surface area contributed by atoms with Crippen molar-refractivity contribution in [3.8, 4) is 0 Å². The molecule has 0 bridgehead atoms. The van der Waals surface area contributed by atoms with Crippen molar-refractivity contribution in [3.63, 3.8) is 0 Å². The van der Waals surface area contributed by atoms with Gasteiger partial charge >= 0.3 is 0 Å². The van der Waals surface area contributed by atoms with E-state index >= 15 is 0 Å². The van der Waals surface area contributed by atoms with Gasteiger partial charge in [0.05, 0.1) is 17.4 Å². The van der Waals surface area contributed by atoms with Gasteiger partial charge in [-0.3, -0.25) is 4.98 Å². The van der Waals surface area contributed by atoms with Crippen molar-refractivity contribution >= 4 is 28.9 Å². The Bertz CT molecular complexity index is 562. The molecule has 19 heavy (non-hydrogen) atoms. The zero-order valence-corrected chi connectivity index (χ0v) is 11.2. The van der Waals surface area contributed by atoms with Crippen LogP contribution in [0.25, 0.3) is 0 Å². The summed E-state index contributed by atoms with van der Waals surface area (Å²) in [4.78, 5) is 8.38. The number of nitrogens with one attached hydrogen (secondary N) is 2. The first-order chi connectivity index (χ1) is 9.19. The number of benzene rings is 1. The maximum absolute atomic E-state index is 13.3. The molecule has 1 aromatic carbocycles. The van der Waals surface area contributed by atoms with Crippen LogP contribution < -0.4 is 10.6 Å². The normalized spacial score (nSPS) is 10.3. The minimum atomic E-state index is -0.472. The third-order valence-electron chi connectivity index (χ3n) is 2.38. The van der Waals surface area contributed by atoms with E-state index in [2.05, 4.69) is 27.5 Å². The molecular weight excluding hydrogens is 267 g/mol. The molecule has 100 valence electrons. The molecule has 0 fully saturated rings. The fourth-order valence-corrected chi connectivity index (χ4v) is 1.60. The van der Waals surface area contributed by atoms with E-state index in [1.54, 1.807) is 18.5 Å². The summed E-state index contributed by atoms with van der Waals surface area (Å²) in [6.07, 6.45) is 4.22. The lowest BCUT2D eigenvalue weighted by atomic mass is 10.3. The van der Waals surface area contributed by atoms with Gasteiger partial charge in [-0.2, -0.15) is 0 Å². The van der Waals surface area contributed by atoms with Crippen molar-refractivity contribution < 1.29 is 4.39 Å². The van der Waals surface area contributed by atoms with E-state index in [1.165, 1.54) is 12.1 Å². The topological polar surface area (TPSA) is 49.8 Å². The standard InChI is InChI=1S/C13H14ClFN4/c1-2-5-17-12-7-16-8-13(19-12)18-9-3-4-10(14)11(15)6-9/h3-4,6-8H,2,5H2,1H3,(H2,17,18,19). The molecule has 6 heteroatoms. The second-order valence-electron chi connectivity index (χ2n) is 3.97. The molecule has 0 saturated carbocycles. The molecule has 0 amide bonds. The summed E-state index contributed by atoms with van der Waals surface area (Å²) in [6.45, 7) is 2.90. The average Bonchev–Trinajstić information content (AvgIpc) is 2.41. The molecule has 2 aromatic rings. The lowest BCUT2D eigenvalue weighted by Crippen LogP contribution is -2.04. The summed E-state index contributed by atoms with van der Waals surface area (Å²) in [5, 5.41) is 6.20. The lowest BCUT2D eigenvalue weighted by molar-refractivity contribution is 0.629. The van der Waals surface area contributed by atoms with Crippen molar-refractivity contribution in [2.75, 3.05) is 17.2 Å². The van der Waals surface area contributed by atoms with Crippen molar-refractivity contribution in [1.29, 1.82) is 0 Å². The molecule has 0 atom stereocenters. The van der Waals surface area contributed by atoms with Crippen LogP contribution in [0.3, 0.4) is 0 Å². The molecule has 2 N–H and O–H groups in total. The maximum atomic E-state index is 13.3. The van der Waals surface area contributed by atoms with Gasteiger partial charge in [0.15, 0.2) is 5.82 Å². The summed E-state index contributed by atoms with van der Waals surface area (Å²) in [5.41, 5.74) is 0.573. The number of aromatic nitrogens is 2. The van der Waals surface area contributed by atoms with Gasteiger partial charge in [0.25, 0.3) is 0 Å². The molecule has 0 aliphatic carbocycles. The molecule has 0 aliphatic heterocycles. The summed E-state index contributed by atoms with van der Waals surface area (Å²) < 4.78 is 13.3. The van der Waals surface area contributed by atoms with Crippen molar-refractivity contribution in [3.05, 3.63) is 41.4 Å². The summed E-state index contributed by atoms with van der Waals surface area (Å²) in [7, 11) is 0. The Hall–Kier alpha value is -1.88. The predicted octanol–water partition coefficient (Wildman–Crippen LogP) is 3.83. The van der Waals surface area contributed by atoms with Gasteiger partial charge in [0.2, 0.25) is 0 Å². The van der Waals surface area contributed by atoms with Gasteiger partial charge in [-0.05, 0) is 24.6 Å². The number of rotatable bonds is 5. The monoisotopic (exact) mass is 280 g/mol. The fraction of sp³-hybridized carbons (Fsp3) is 0.231. The molecule has 1 heterocycles. The number of anilines is 3. The van der Waals surface area contributed by atoms with Gasteiger partial charge in [0, 0.05) is 12.2 Å². The van der Waals surface area contributed by atoms with Crippen LogP contribution in [0.1, 0.15) is 13.3 Å². The summed E-state index contributed by atoms with van der Waals surface area (Å²) in [5.74, 6) is 0.754. The van der Waals surface area contributed by atoms with E-state index in [9.17, 15) is 4.39 Å². The highest BCUT2D eigenvalue weighted by Gasteiger charge is 2.03. The molecule has 0 spiro atoms. The Kier molecular flexibility index (Phi) is 4.52. The quantitative estimate of drug-likeness (QED) is 0.874. The largest absolute Gasteiger partial charge is 0.369 e. The minimum Gasteiger partial charge on any atom is -0.369 e. The van der Waals surface area contributed by atoms with Crippen LogP contribution in [0.4, 0.5) is 21.7 Å². The highest BCUT2D eigenvalue weighted by Crippen LogP contribution is 2.21. The molecular formula is C13H14ClFN4. The SMILES string of the molecule is CCCNc1cncc(Nc2ccc(Cl)c(F)c2)n1. The molecule has 4 nitrogen and oxygen atoms in total. The third kappa shape index (κ3) is 3.79. The van der Waals surface area contributed by atoms with E-state index < -0.39 is 5.82 Å². The van der Waals surface area contributed by atoms with Gasteiger partial charge in [0.1, 0.15) is 11.6 Å². The van der Waals surface area contributed by atoms with Crippen molar-refractivity contribution in [2.45, 2.75) is 13.3 Å². The van der Waals surface area contributed by atoms with Crippen molar-refractivity contribution in [1.82, 2.24) is 9.97 Å². The van der Waals surface area contributed by atoms with Crippen LogP contribution in [-0.4, -0.2) is 16.5 Å². The number of halogens is 2. The van der Waals surface area contributed by atoms with Crippen LogP contribution in [0.2, 0.25) is 5.02 Å². The average molecular weight is 281 g/mol. The second-order valence-corrected chi connectivity index (χ2v) is 4.38. The van der Waals surface area contributed by atoms with Crippen LogP contribution in [0.5, 0.6) is 0 Å². The first-order valence-corrected chi connectivity index (χ1v) is 6.35. The van der Waals surface area contributed by atoms with Crippen LogP contribution >= 0.6 is 11.6 Å². The van der Waals surface area contributed by atoms with Gasteiger partial charge in [-0.15, -0.1) is 0 Å². The molecule has 0 aliphatic rings. The Balaban J connectivity index is 2.11. The molecule has 0 unspecified atom stereocenters. The maximum Gasteiger partial charge on any atom is 0.151 e. The zero-order chi connectivity index (χ0) is 13.7. The summed E-state index contributed by atoms with van der Waals surface area (Å²) >= 11 is 5.63. The molecule has 0 saturated heterocycles. The summed E-state index contributed by atoms with van der Waals surface area (Å²) in [6, 6.07) is 4.49. The van der Waals surface area contributed by atoms with E-state index in [4.69, 9.17) is 11.6 Å². The van der Waals surface area contributed by atoms with Crippen LogP contribution in [-0.2, 0) is 0 Å². The van der Waals surface area contributed by atoms with Gasteiger partial charge < -0.3 is 10.6 Å². The number of hydrogen-bond donors (Lipinski definition) is 2. The fourth-order valence-electron chi connectivity index (χ4n) is 1.49. The Morgan fingerprint density at radius 2 is 2.05 bits per heavy atom. The third-order valence-corrected chi connectivity index (χ3v) is 2.69. The number of hydrogen-bond acceptors (Lipinski definition) is 4. The zero-order valence-electron chi connectivity index (χ0n) is 10.5. The highest BCUT2D eigenvalue weighted by molar-refractivity contribution is 6.30. The predicted molar refractivity (Wildman–Crippen MR) is 75.5 cm³/mol. The molecule has 0 radical (unpaired) electrons. The van der Waals surface area contributed by atoms with E-state index in [0.717, 1.165) is 13.0 Å². The van der Waals surface area contributed by atoms with Gasteiger partial charge in [-0.1, -0.05) is 18.5 Å².